The SMILES string of the molecule is C=CCCC(NCCC)C1CCOCC1. The second-order valence-corrected chi connectivity index (χ2v) is 4.38. The number of ether oxygens (including phenoxy) is 1. The quantitative estimate of drug-likeness (QED) is 0.654. The number of allylic oxidation sites excluding steroid dienone is 1. The first-order valence-electron chi connectivity index (χ1n) is 6.30. The van der Waals surface area contributed by atoms with Crippen molar-refractivity contribution in [1.82, 2.24) is 5.32 Å². The van der Waals surface area contributed by atoms with Gasteiger partial charge in [0.1, 0.15) is 0 Å². The summed E-state index contributed by atoms with van der Waals surface area (Å²) in [6.45, 7) is 9.06. The molecular weight excluding hydrogens is 186 g/mol. The molecule has 1 atom stereocenters. The molecule has 0 amide bonds. The van der Waals surface area contributed by atoms with Crippen molar-refractivity contribution >= 4 is 0 Å². The number of nitrogens with one attached hydrogen (secondary N) is 1. The molecule has 15 heavy (non-hydrogen) atoms. The van der Waals surface area contributed by atoms with Gasteiger partial charge < -0.3 is 10.1 Å². The fraction of sp³-hybridized carbons (Fsp3) is 0.846. The summed E-state index contributed by atoms with van der Waals surface area (Å²) in [5, 5.41) is 3.67. The van der Waals surface area contributed by atoms with Gasteiger partial charge in [0.15, 0.2) is 0 Å². The molecular formula is C13H25NO. The highest BCUT2D eigenvalue weighted by molar-refractivity contribution is 4.81. The Kier molecular flexibility index (Phi) is 6.69. The Morgan fingerprint density at radius 3 is 2.80 bits per heavy atom. The van der Waals surface area contributed by atoms with Crippen LogP contribution in [0.4, 0.5) is 0 Å². The summed E-state index contributed by atoms with van der Waals surface area (Å²) in [7, 11) is 0. The summed E-state index contributed by atoms with van der Waals surface area (Å²) < 4.78 is 5.41. The first-order chi connectivity index (χ1) is 7.38. The van der Waals surface area contributed by atoms with Crippen molar-refractivity contribution in [3.63, 3.8) is 0 Å². The largest absolute Gasteiger partial charge is 0.381 e. The van der Waals surface area contributed by atoms with Crippen LogP contribution < -0.4 is 5.32 Å². The first kappa shape index (κ1) is 12.7. The van der Waals surface area contributed by atoms with E-state index in [1.165, 1.54) is 25.7 Å². The van der Waals surface area contributed by atoms with Gasteiger partial charge in [0, 0.05) is 19.3 Å². The molecule has 1 rings (SSSR count). The van der Waals surface area contributed by atoms with Crippen LogP contribution in [0.5, 0.6) is 0 Å². The highest BCUT2D eigenvalue weighted by atomic mass is 16.5. The second kappa shape index (κ2) is 7.89. The van der Waals surface area contributed by atoms with Gasteiger partial charge in [-0.2, -0.15) is 0 Å². The van der Waals surface area contributed by atoms with E-state index in [1.54, 1.807) is 0 Å². The van der Waals surface area contributed by atoms with Crippen LogP contribution in [0.2, 0.25) is 0 Å². The highest BCUT2D eigenvalue weighted by Gasteiger charge is 2.22. The molecule has 1 saturated heterocycles. The summed E-state index contributed by atoms with van der Waals surface area (Å²) in [6.07, 6.45) is 8.04. The van der Waals surface area contributed by atoms with Gasteiger partial charge in [0.2, 0.25) is 0 Å². The molecule has 88 valence electrons. The zero-order chi connectivity index (χ0) is 10.9. The molecule has 1 aliphatic rings. The summed E-state index contributed by atoms with van der Waals surface area (Å²) >= 11 is 0. The fourth-order valence-corrected chi connectivity index (χ4v) is 2.25. The maximum Gasteiger partial charge on any atom is 0.0469 e. The van der Waals surface area contributed by atoms with Crippen molar-refractivity contribution in [3.8, 4) is 0 Å². The van der Waals surface area contributed by atoms with E-state index in [0.29, 0.717) is 6.04 Å². The van der Waals surface area contributed by atoms with Crippen molar-refractivity contribution in [2.24, 2.45) is 5.92 Å². The van der Waals surface area contributed by atoms with Crippen LogP contribution in [-0.4, -0.2) is 25.8 Å². The highest BCUT2D eigenvalue weighted by Crippen LogP contribution is 2.21. The van der Waals surface area contributed by atoms with Crippen molar-refractivity contribution in [2.75, 3.05) is 19.8 Å². The van der Waals surface area contributed by atoms with E-state index in [1.807, 2.05) is 6.08 Å². The van der Waals surface area contributed by atoms with E-state index in [9.17, 15) is 0 Å². The summed E-state index contributed by atoms with van der Waals surface area (Å²) in [5.41, 5.74) is 0. The summed E-state index contributed by atoms with van der Waals surface area (Å²) in [5.74, 6) is 0.810. The molecule has 0 aromatic heterocycles. The molecule has 0 aliphatic carbocycles. The topological polar surface area (TPSA) is 21.3 Å². The Labute approximate surface area is 94.1 Å². The van der Waals surface area contributed by atoms with E-state index in [4.69, 9.17) is 4.74 Å². The molecule has 1 fully saturated rings. The van der Waals surface area contributed by atoms with E-state index >= 15 is 0 Å². The van der Waals surface area contributed by atoms with E-state index in [0.717, 1.165) is 32.1 Å². The number of hydrogen-bond donors (Lipinski definition) is 1. The van der Waals surface area contributed by atoms with Gasteiger partial charge in [-0.25, -0.2) is 0 Å². The van der Waals surface area contributed by atoms with E-state index in [-0.39, 0.29) is 0 Å². The predicted molar refractivity (Wildman–Crippen MR) is 65.1 cm³/mol. The average Bonchev–Trinajstić information content (AvgIpc) is 2.30. The smallest absolute Gasteiger partial charge is 0.0469 e. The van der Waals surface area contributed by atoms with Gasteiger partial charge in [-0.1, -0.05) is 13.0 Å². The minimum absolute atomic E-state index is 0.673. The molecule has 0 radical (unpaired) electrons. The molecule has 0 bridgehead atoms. The minimum atomic E-state index is 0.673. The maximum absolute atomic E-state index is 5.41. The normalized spacial score (nSPS) is 20.1. The van der Waals surface area contributed by atoms with Crippen LogP contribution in [0.15, 0.2) is 12.7 Å². The molecule has 0 aromatic rings. The van der Waals surface area contributed by atoms with E-state index < -0.39 is 0 Å². The van der Waals surface area contributed by atoms with Crippen LogP contribution in [0, 0.1) is 5.92 Å². The molecule has 0 spiro atoms. The Morgan fingerprint density at radius 2 is 2.20 bits per heavy atom. The first-order valence-corrected chi connectivity index (χ1v) is 6.30. The van der Waals surface area contributed by atoms with Gasteiger partial charge in [0.05, 0.1) is 0 Å². The zero-order valence-corrected chi connectivity index (χ0v) is 10.0. The van der Waals surface area contributed by atoms with Crippen molar-refractivity contribution < 1.29 is 4.74 Å². The van der Waals surface area contributed by atoms with Crippen LogP contribution in [0.1, 0.15) is 39.0 Å². The van der Waals surface area contributed by atoms with Crippen molar-refractivity contribution in [1.29, 1.82) is 0 Å². The maximum atomic E-state index is 5.41. The molecule has 1 N–H and O–H groups in total. The average molecular weight is 211 g/mol. The number of rotatable bonds is 7. The van der Waals surface area contributed by atoms with Gasteiger partial charge >= 0.3 is 0 Å². The summed E-state index contributed by atoms with van der Waals surface area (Å²) in [6, 6.07) is 0.673. The zero-order valence-electron chi connectivity index (χ0n) is 10.0. The predicted octanol–water partition coefficient (Wildman–Crippen LogP) is 2.75. The van der Waals surface area contributed by atoms with Crippen molar-refractivity contribution in [3.05, 3.63) is 12.7 Å². The number of hydrogen-bond acceptors (Lipinski definition) is 2. The lowest BCUT2D eigenvalue weighted by molar-refractivity contribution is 0.0527. The van der Waals surface area contributed by atoms with Crippen LogP contribution in [-0.2, 0) is 4.74 Å². The Balaban J connectivity index is 2.33. The van der Waals surface area contributed by atoms with Gasteiger partial charge in [-0.05, 0) is 44.6 Å². The van der Waals surface area contributed by atoms with E-state index in [2.05, 4.69) is 18.8 Å². The lowest BCUT2D eigenvalue weighted by Crippen LogP contribution is -2.39. The van der Waals surface area contributed by atoms with Gasteiger partial charge in [0.25, 0.3) is 0 Å². The Bertz CT molecular complexity index is 164. The Hall–Kier alpha value is -0.340. The molecule has 1 aliphatic heterocycles. The fourth-order valence-electron chi connectivity index (χ4n) is 2.25. The molecule has 1 unspecified atom stereocenters. The molecule has 2 heteroatoms. The molecule has 0 saturated carbocycles. The second-order valence-electron chi connectivity index (χ2n) is 4.38. The van der Waals surface area contributed by atoms with Gasteiger partial charge in [-0.15, -0.1) is 6.58 Å². The lowest BCUT2D eigenvalue weighted by atomic mass is 9.89. The minimum Gasteiger partial charge on any atom is -0.381 e. The third-order valence-corrected chi connectivity index (χ3v) is 3.17. The van der Waals surface area contributed by atoms with Crippen molar-refractivity contribution in [2.45, 2.75) is 45.1 Å². The molecule has 1 heterocycles. The standard InChI is InChI=1S/C13H25NO/c1-3-5-6-13(14-9-4-2)12-7-10-15-11-8-12/h3,12-14H,1,4-11H2,2H3. The van der Waals surface area contributed by atoms with Crippen LogP contribution in [0.3, 0.4) is 0 Å². The van der Waals surface area contributed by atoms with Gasteiger partial charge in [-0.3, -0.25) is 0 Å². The molecule has 0 aromatic carbocycles. The van der Waals surface area contributed by atoms with Crippen LogP contribution in [0.25, 0.3) is 0 Å². The monoisotopic (exact) mass is 211 g/mol. The van der Waals surface area contributed by atoms with Crippen LogP contribution >= 0.6 is 0 Å². The Morgan fingerprint density at radius 1 is 1.47 bits per heavy atom. The summed E-state index contributed by atoms with van der Waals surface area (Å²) in [4.78, 5) is 0. The third kappa shape index (κ3) is 4.80. The lowest BCUT2D eigenvalue weighted by Gasteiger charge is -2.31. The third-order valence-electron chi connectivity index (χ3n) is 3.17. The molecule has 2 nitrogen and oxygen atoms in total.